The van der Waals surface area contributed by atoms with E-state index in [0.29, 0.717) is 5.00 Å². The maximum atomic E-state index is 13.5. The first-order valence-corrected chi connectivity index (χ1v) is 13.2. The molecule has 1 aromatic heterocycles. The third kappa shape index (κ3) is 4.35. The number of carbonyl (C=O) groups excluding carboxylic acids is 3. The molecule has 4 atom stereocenters. The molecule has 2 amide bonds. The van der Waals surface area contributed by atoms with Crippen molar-refractivity contribution in [2.24, 2.45) is 0 Å². The number of esters is 1. The van der Waals surface area contributed by atoms with Crippen molar-refractivity contribution in [1.82, 2.24) is 4.90 Å². The molecule has 0 spiro atoms. The summed E-state index contributed by atoms with van der Waals surface area (Å²) in [7, 11) is 0. The number of ether oxygens (including phenoxy) is 1. The van der Waals surface area contributed by atoms with Crippen LogP contribution in [0, 0.1) is 0 Å². The first-order valence-electron chi connectivity index (χ1n) is 11.2. The second kappa shape index (κ2) is 9.85. The maximum absolute atomic E-state index is 13.5. The predicted octanol–water partition coefficient (Wildman–Crippen LogP) is 3.45. The van der Waals surface area contributed by atoms with E-state index in [-0.39, 0.29) is 17.6 Å². The number of aliphatic hydroxyl groups excluding tert-OH is 1. The summed E-state index contributed by atoms with van der Waals surface area (Å²) in [5, 5.41) is 12.8. The molecular weight excluding hydrogens is 484 g/mol. The van der Waals surface area contributed by atoms with Gasteiger partial charge in [-0.3, -0.25) is 14.5 Å². The lowest BCUT2D eigenvalue weighted by atomic mass is 9.97. The second-order valence-corrected chi connectivity index (χ2v) is 10.5. The van der Waals surface area contributed by atoms with E-state index in [1.807, 2.05) is 72.1 Å². The zero-order valence-electron chi connectivity index (χ0n) is 18.9. The van der Waals surface area contributed by atoms with Crippen LogP contribution in [0.2, 0.25) is 0 Å². The van der Waals surface area contributed by atoms with Crippen LogP contribution in [0.4, 0.5) is 5.00 Å². The number of fused-ring (bicyclic) bond motifs is 1. The van der Waals surface area contributed by atoms with Gasteiger partial charge in [0.1, 0.15) is 11.4 Å². The molecule has 3 aromatic rings. The van der Waals surface area contributed by atoms with Crippen molar-refractivity contribution < 1.29 is 24.2 Å². The van der Waals surface area contributed by atoms with Gasteiger partial charge >= 0.3 is 5.97 Å². The summed E-state index contributed by atoms with van der Waals surface area (Å²) in [6, 6.07) is 20.5. The SMILES string of the molecule is CC(=O)N(c1cccs1)[C@@H]1C(=O)N2[C@@H]1SCC(O)[C@@H]2C(=O)OC(c1ccccc1)c1ccccc1. The number of rotatable bonds is 6. The fourth-order valence-electron chi connectivity index (χ4n) is 4.58. The minimum absolute atomic E-state index is 0.246. The highest BCUT2D eigenvalue weighted by atomic mass is 32.2. The third-order valence-corrected chi connectivity index (χ3v) is 8.42. The van der Waals surface area contributed by atoms with E-state index in [1.54, 1.807) is 6.07 Å². The van der Waals surface area contributed by atoms with Crippen molar-refractivity contribution >= 4 is 45.9 Å². The lowest BCUT2D eigenvalue weighted by molar-refractivity contribution is -0.172. The quantitative estimate of drug-likeness (QED) is 0.406. The van der Waals surface area contributed by atoms with Crippen LogP contribution in [0.5, 0.6) is 0 Å². The van der Waals surface area contributed by atoms with Gasteiger partial charge in [-0.1, -0.05) is 60.7 Å². The normalized spacial score (nSPS) is 23.4. The molecule has 2 aliphatic rings. The Balaban J connectivity index is 1.41. The van der Waals surface area contributed by atoms with Gasteiger partial charge in [0, 0.05) is 12.7 Å². The number of carbonyl (C=O) groups is 3. The fraction of sp³-hybridized carbons (Fsp3) is 0.269. The number of amides is 2. The van der Waals surface area contributed by atoms with Gasteiger partial charge in [-0.15, -0.1) is 23.1 Å². The lowest BCUT2D eigenvalue weighted by Crippen LogP contribution is -2.77. The standard InChI is InChI=1S/C26H24N2O5S2/c1-16(29)27(20-13-8-14-34-20)22-24(31)28-21(19(30)15-35-25(22)28)26(32)33-23(17-9-4-2-5-10-17)18-11-6-3-7-12-18/h2-14,19,21-23,25,30H,15H2,1H3/t19?,21-,22-,25-/m1/s1. The van der Waals surface area contributed by atoms with Crippen LogP contribution in [0.1, 0.15) is 24.2 Å². The minimum Gasteiger partial charge on any atom is -0.451 e. The number of benzene rings is 2. The average Bonchev–Trinajstić information content (AvgIpc) is 3.40. The Kier molecular flexibility index (Phi) is 6.64. The molecule has 7 nitrogen and oxygen atoms in total. The highest BCUT2D eigenvalue weighted by Gasteiger charge is 2.60. The summed E-state index contributed by atoms with van der Waals surface area (Å²) >= 11 is 2.74. The molecule has 1 N–H and O–H groups in total. The zero-order chi connectivity index (χ0) is 24.5. The van der Waals surface area contributed by atoms with Gasteiger partial charge in [-0.2, -0.15) is 0 Å². The van der Waals surface area contributed by atoms with E-state index in [0.717, 1.165) is 11.1 Å². The zero-order valence-corrected chi connectivity index (χ0v) is 20.5. The van der Waals surface area contributed by atoms with Gasteiger partial charge < -0.3 is 14.7 Å². The van der Waals surface area contributed by atoms with Gasteiger partial charge in [0.15, 0.2) is 12.1 Å². The molecule has 9 heteroatoms. The van der Waals surface area contributed by atoms with E-state index in [4.69, 9.17) is 4.74 Å². The molecule has 3 heterocycles. The van der Waals surface area contributed by atoms with Crippen LogP contribution in [0.25, 0.3) is 0 Å². The third-order valence-electron chi connectivity index (χ3n) is 6.19. The van der Waals surface area contributed by atoms with Crippen molar-refractivity contribution in [3.8, 4) is 0 Å². The smallest absolute Gasteiger partial charge is 0.332 e. The molecule has 180 valence electrons. The number of nitrogens with zero attached hydrogens (tertiary/aromatic N) is 2. The Labute approximate surface area is 211 Å². The van der Waals surface area contributed by atoms with Crippen LogP contribution < -0.4 is 4.90 Å². The van der Waals surface area contributed by atoms with Gasteiger partial charge in [-0.25, -0.2) is 4.79 Å². The van der Waals surface area contributed by atoms with Crippen molar-refractivity contribution in [1.29, 1.82) is 0 Å². The fourth-order valence-corrected chi connectivity index (χ4v) is 6.79. The molecule has 5 rings (SSSR count). The first kappa shape index (κ1) is 23.6. The molecule has 0 saturated carbocycles. The van der Waals surface area contributed by atoms with Crippen LogP contribution in [-0.2, 0) is 19.1 Å². The summed E-state index contributed by atoms with van der Waals surface area (Å²) in [5.74, 6) is -1.03. The van der Waals surface area contributed by atoms with Crippen LogP contribution in [0.15, 0.2) is 78.2 Å². The van der Waals surface area contributed by atoms with Crippen molar-refractivity contribution in [3.63, 3.8) is 0 Å². The Morgan fingerprint density at radius 1 is 1.03 bits per heavy atom. The monoisotopic (exact) mass is 508 g/mol. The van der Waals surface area contributed by atoms with E-state index in [2.05, 4.69) is 0 Å². The molecule has 0 aliphatic carbocycles. The molecule has 0 radical (unpaired) electrons. The number of hydrogen-bond acceptors (Lipinski definition) is 7. The average molecular weight is 509 g/mol. The van der Waals surface area contributed by atoms with E-state index in [9.17, 15) is 19.5 Å². The molecular formula is C26H24N2O5S2. The van der Waals surface area contributed by atoms with Crippen LogP contribution in [0.3, 0.4) is 0 Å². The first-order chi connectivity index (χ1) is 17.0. The number of aliphatic hydroxyl groups is 1. The maximum Gasteiger partial charge on any atom is 0.332 e. The predicted molar refractivity (Wildman–Crippen MR) is 135 cm³/mol. The molecule has 2 fully saturated rings. The molecule has 2 saturated heterocycles. The Hall–Kier alpha value is -3.14. The van der Waals surface area contributed by atoms with Crippen LogP contribution >= 0.6 is 23.1 Å². The second-order valence-electron chi connectivity index (χ2n) is 8.41. The lowest BCUT2D eigenvalue weighted by Gasteiger charge is -2.55. The molecule has 1 unspecified atom stereocenters. The van der Waals surface area contributed by atoms with Crippen LogP contribution in [-0.4, -0.2) is 57.1 Å². The molecule has 35 heavy (non-hydrogen) atoms. The van der Waals surface area contributed by atoms with Crippen molar-refractivity contribution in [2.75, 3.05) is 10.7 Å². The molecule has 2 aliphatic heterocycles. The van der Waals surface area contributed by atoms with Gasteiger partial charge in [-0.05, 0) is 28.6 Å². The number of β-lactam (4-membered cyclic amide) rings is 1. The summed E-state index contributed by atoms with van der Waals surface area (Å²) in [6.45, 7) is 1.42. The number of thiophene rings is 1. The Morgan fingerprint density at radius 3 is 2.20 bits per heavy atom. The van der Waals surface area contributed by atoms with Gasteiger partial charge in [0.2, 0.25) is 5.91 Å². The summed E-state index contributed by atoms with van der Waals surface area (Å²) < 4.78 is 5.97. The number of hydrogen-bond donors (Lipinski definition) is 1. The highest BCUT2D eigenvalue weighted by molar-refractivity contribution is 8.00. The Bertz CT molecular complexity index is 1170. The topological polar surface area (TPSA) is 87.2 Å². The van der Waals surface area contributed by atoms with E-state index >= 15 is 0 Å². The summed E-state index contributed by atoms with van der Waals surface area (Å²) in [6.07, 6.45) is -1.76. The van der Waals surface area contributed by atoms with Crippen molar-refractivity contribution in [3.05, 3.63) is 89.3 Å². The summed E-state index contributed by atoms with van der Waals surface area (Å²) in [4.78, 5) is 42.1. The van der Waals surface area contributed by atoms with Crippen molar-refractivity contribution in [2.45, 2.75) is 36.6 Å². The molecule has 2 aromatic carbocycles. The highest BCUT2D eigenvalue weighted by Crippen LogP contribution is 2.43. The number of anilines is 1. The molecule has 0 bridgehead atoms. The summed E-state index contributed by atoms with van der Waals surface area (Å²) in [5.41, 5.74) is 1.58. The minimum atomic E-state index is -1.14. The van der Waals surface area contributed by atoms with E-state index in [1.165, 1.54) is 39.8 Å². The van der Waals surface area contributed by atoms with Gasteiger partial charge in [0.05, 0.1) is 11.1 Å². The largest absolute Gasteiger partial charge is 0.451 e. The number of thioether (sulfide) groups is 1. The van der Waals surface area contributed by atoms with Gasteiger partial charge in [0.25, 0.3) is 5.91 Å². The Morgan fingerprint density at radius 2 is 1.66 bits per heavy atom. The van der Waals surface area contributed by atoms with E-state index < -0.39 is 35.6 Å².